The maximum absolute atomic E-state index is 13.1. The summed E-state index contributed by atoms with van der Waals surface area (Å²) in [4.78, 5) is 14.1. The Kier molecular flexibility index (Phi) is 4.85. The summed E-state index contributed by atoms with van der Waals surface area (Å²) in [5.74, 6) is -1.13. The largest absolute Gasteiger partial charge is 0.433 e. The van der Waals surface area contributed by atoms with Crippen LogP contribution >= 0.6 is 0 Å². The van der Waals surface area contributed by atoms with Crippen molar-refractivity contribution in [2.24, 2.45) is 0 Å². The normalized spacial score (nSPS) is 17.5. The van der Waals surface area contributed by atoms with Gasteiger partial charge < -0.3 is 4.90 Å². The summed E-state index contributed by atoms with van der Waals surface area (Å²) in [7, 11) is 0. The molecule has 3 aromatic rings. The number of likely N-dealkylation sites (tertiary alicyclic amines) is 1. The molecule has 0 unspecified atom stereocenters. The molecule has 1 aliphatic rings. The van der Waals surface area contributed by atoms with Gasteiger partial charge in [0, 0.05) is 30.3 Å². The number of carbonyl (C=O) groups excluding carboxylic acids is 1. The molecule has 1 amide bonds. The number of amides is 1. The molecule has 3 heterocycles. The highest BCUT2D eigenvalue weighted by molar-refractivity contribution is 5.95. The molecule has 1 aromatic carbocycles. The van der Waals surface area contributed by atoms with Gasteiger partial charge in [-0.2, -0.15) is 23.4 Å². The Labute approximate surface area is 162 Å². The van der Waals surface area contributed by atoms with Crippen molar-refractivity contribution in [1.82, 2.24) is 25.3 Å². The Morgan fingerprint density at radius 3 is 2.66 bits per heavy atom. The van der Waals surface area contributed by atoms with Crippen molar-refractivity contribution in [3.05, 3.63) is 59.3 Å². The van der Waals surface area contributed by atoms with Gasteiger partial charge in [0.05, 0.1) is 17.5 Å². The van der Waals surface area contributed by atoms with Crippen LogP contribution < -0.4 is 0 Å². The van der Waals surface area contributed by atoms with Crippen molar-refractivity contribution in [1.29, 1.82) is 0 Å². The van der Waals surface area contributed by atoms with E-state index in [1.54, 1.807) is 12.1 Å². The molecule has 1 atom stereocenters. The topological polar surface area (TPSA) is 77.7 Å². The molecular formula is C19H17F4N5O. The van der Waals surface area contributed by atoms with E-state index in [0.717, 1.165) is 23.9 Å². The molecule has 152 valence electrons. The molecule has 1 saturated heterocycles. The zero-order valence-electron chi connectivity index (χ0n) is 15.1. The number of rotatable bonds is 3. The van der Waals surface area contributed by atoms with Crippen LogP contribution in [0.1, 0.15) is 40.5 Å². The van der Waals surface area contributed by atoms with E-state index in [2.05, 4.69) is 15.3 Å². The van der Waals surface area contributed by atoms with Crippen molar-refractivity contribution in [3.63, 3.8) is 0 Å². The molecule has 0 bridgehead atoms. The van der Waals surface area contributed by atoms with Crippen LogP contribution in [0.5, 0.6) is 0 Å². The van der Waals surface area contributed by atoms with E-state index in [4.69, 9.17) is 0 Å². The molecule has 2 N–H and O–H groups in total. The van der Waals surface area contributed by atoms with Gasteiger partial charge in [0.2, 0.25) is 0 Å². The van der Waals surface area contributed by atoms with Crippen molar-refractivity contribution < 1.29 is 22.4 Å². The van der Waals surface area contributed by atoms with Crippen LogP contribution in [0.4, 0.5) is 17.6 Å². The van der Waals surface area contributed by atoms with Crippen LogP contribution in [-0.4, -0.2) is 44.3 Å². The number of alkyl halides is 3. The lowest BCUT2D eigenvalue weighted by Crippen LogP contribution is -2.39. The van der Waals surface area contributed by atoms with Gasteiger partial charge in [-0.05, 0) is 43.2 Å². The quantitative estimate of drug-likeness (QED) is 0.645. The van der Waals surface area contributed by atoms with Crippen LogP contribution in [0.2, 0.25) is 0 Å². The van der Waals surface area contributed by atoms with Gasteiger partial charge in [-0.15, -0.1) is 0 Å². The number of hydrogen-bond donors (Lipinski definition) is 2. The predicted octanol–water partition coefficient (Wildman–Crippen LogP) is 3.98. The van der Waals surface area contributed by atoms with E-state index in [1.807, 2.05) is 11.2 Å². The Bertz CT molecular complexity index is 1010. The minimum absolute atomic E-state index is 0.0874. The van der Waals surface area contributed by atoms with E-state index >= 15 is 0 Å². The highest BCUT2D eigenvalue weighted by Crippen LogP contribution is 2.33. The Morgan fingerprint density at radius 2 is 1.93 bits per heavy atom. The van der Waals surface area contributed by atoms with Crippen LogP contribution in [0.15, 0.2) is 36.5 Å². The van der Waals surface area contributed by atoms with E-state index < -0.39 is 23.3 Å². The fourth-order valence-electron chi connectivity index (χ4n) is 3.56. The van der Waals surface area contributed by atoms with Gasteiger partial charge in [0.15, 0.2) is 5.69 Å². The zero-order chi connectivity index (χ0) is 20.6. The second-order valence-corrected chi connectivity index (χ2v) is 6.96. The van der Waals surface area contributed by atoms with Gasteiger partial charge in [-0.1, -0.05) is 0 Å². The van der Waals surface area contributed by atoms with Gasteiger partial charge in [-0.25, -0.2) is 4.39 Å². The van der Waals surface area contributed by atoms with E-state index in [0.29, 0.717) is 18.7 Å². The molecule has 2 aromatic heterocycles. The maximum Gasteiger partial charge on any atom is 0.433 e. The Morgan fingerprint density at radius 1 is 1.17 bits per heavy atom. The van der Waals surface area contributed by atoms with E-state index in [9.17, 15) is 22.4 Å². The fraction of sp³-hybridized carbons (Fsp3) is 0.316. The summed E-state index contributed by atoms with van der Waals surface area (Å²) >= 11 is 0. The van der Waals surface area contributed by atoms with Crippen LogP contribution in [0.25, 0.3) is 11.3 Å². The lowest BCUT2D eigenvalue weighted by molar-refractivity contribution is -0.141. The average molecular weight is 407 g/mol. The van der Waals surface area contributed by atoms with Gasteiger partial charge >= 0.3 is 6.18 Å². The molecule has 1 aliphatic heterocycles. The summed E-state index contributed by atoms with van der Waals surface area (Å²) < 4.78 is 52.3. The maximum atomic E-state index is 13.1. The number of nitrogens with one attached hydrogen (secondary N) is 2. The van der Waals surface area contributed by atoms with Gasteiger partial charge in [0.25, 0.3) is 5.91 Å². The van der Waals surface area contributed by atoms with E-state index in [-0.39, 0.29) is 18.3 Å². The molecule has 0 spiro atoms. The highest BCUT2D eigenvalue weighted by atomic mass is 19.4. The monoisotopic (exact) mass is 407 g/mol. The highest BCUT2D eigenvalue weighted by Gasteiger charge is 2.39. The second kappa shape index (κ2) is 7.34. The lowest BCUT2D eigenvalue weighted by atomic mass is 9.94. The van der Waals surface area contributed by atoms with Gasteiger partial charge in [-0.3, -0.25) is 15.0 Å². The number of halogens is 4. The first-order valence-corrected chi connectivity index (χ1v) is 9.04. The second-order valence-electron chi connectivity index (χ2n) is 6.96. The zero-order valence-corrected chi connectivity index (χ0v) is 15.1. The van der Waals surface area contributed by atoms with Crippen LogP contribution in [0.3, 0.4) is 0 Å². The molecule has 0 aliphatic carbocycles. The van der Waals surface area contributed by atoms with Crippen molar-refractivity contribution >= 4 is 5.91 Å². The number of nitrogens with zero attached hydrogens (tertiary/aromatic N) is 3. The van der Waals surface area contributed by atoms with Crippen molar-refractivity contribution in [3.8, 4) is 11.3 Å². The number of aromatic amines is 2. The van der Waals surface area contributed by atoms with Gasteiger partial charge in [0.1, 0.15) is 5.82 Å². The van der Waals surface area contributed by atoms with Crippen molar-refractivity contribution in [2.75, 3.05) is 13.1 Å². The summed E-state index contributed by atoms with van der Waals surface area (Å²) in [6.07, 6.45) is -2.34. The summed E-state index contributed by atoms with van der Waals surface area (Å²) in [5.41, 5.74) is 0.549. The SMILES string of the molecule is O=C(c1cn[nH]c1C(F)(F)F)N1CCC[C@H](c2cc(-c3ccc(F)cc3)n[nH]2)C1. The average Bonchev–Trinajstić information content (AvgIpc) is 3.38. The fourth-order valence-corrected chi connectivity index (χ4v) is 3.56. The molecule has 0 radical (unpaired) electrons. The first-order valence-electron chi connectivity index (χ1n) is 9.04. The molecular weight excluding hydrogens is 390 g/mol. The lowest BCUT2D eigenvalue weighted by Gasteiger charge is -2.32. The Hall–Kier alpha value is -3.17. The minimum atomic E-state index is -4.68. The molecule has 6 nitrogen and oxygen atoms in total. The predicted molar refractivity (Wildman–Crippen MR) is 95.4 cm³/mol. The van der Waals surface area contributed by atoms with E-state index in [1.165, 1.54) is 17.0 Å². The van der Waals surface area contributed by atoms with Crippen molar-refractivity contribution in [2.45, 2.75) is 24.9 Å². The first-order chi connectivity index (χ1) is 13.8. The first kappa shape index (κ1) is 19.2. The third-order valence-corrected chi connectivity index (χ3v) is 5.04. The standard InChI is InChI=1S/C19H17F4N5O/c20-13-5-3-11(4-6-13)15-8-16(26-25-15)12-2-1-7-28(10-12)18(29)14-9-24-27-17(14)19(21,22)23/h3-6,8-9,12H,1-2,7,10H2,(H,24,27)(H,25,26)/t12-/m0/s1. The minimum Gasteiger partial charge on any atom is -0.338 e. The Balaban J connectivity index is 1.51. The molecule has 1 fully saturated rings. The number of carbonyl (C=O) groups is 1. The molecule has 10 heteroatoms. The summed E-state index contributed by atoms with van der Waals surface area (Å²) in [5, 5.41) is 12.4. The number of H-pyrrole nitrogens is 2. The molecule has 29 heavy (non-hydrogen) atoms. The smallest absolute Gasteiger partial charge is 0.338 e. The summed E-state index contributed by atoms with van der Waals surface area (Å²) in [6.45, 7) is 0.642. The van der Waals surface area contributed by atoms with Crippen LogP contribution in [0, 0.1) is 5.82 Å². The number of piperidine rings is 1. The number of aromatic nitrogens is 4. The van der Waals surface area contributed by atoms with Crippen LogP contribution in [-0.2, 0) is 6.18 Å². The third-order valence-electron chi connectivity index (χ3n) is 5.04. The molecule has 0 saturated carbocycles. The number of benzene rings is 1. The summed E-state index contributed by atoms with van der Waals surface area (Å²) in [6, 6.07) is 7.74. The number of hydrogen-bond acceptors (Lipinski definition) is 3. The molecule has 4 rings (SSSR count). The third kappa shape index (κ3) is 3.87.